The van der Waals surface area contributed by atoms with Crippen LogP contribution in [0, 0.1) is 0 Å². The van der Waals surface area contributed by atoms with Gasteiger partial charge in [0.25, 0.3) is 0 Å². The lowest BCUT2D eigenvalue weighted by Crippen LogP contribution is -2.38. The van der Waals surface area contributed by atoms with Crippen molar-refractivity contribution in [1.29, 1.82) is 0 Å². The molecule has 0 heterocycles. The minimum Gasteiger partial charge on any atom is -0.496 e. The maximum absolute atomic E-state index is 6.58. The minimum absolute atomic E-state index is 0.280. The molecule has 2 rings (SSSR count). The normalized spacial score (nSPS) is 18.4. The first-order valence-electron chi connectivity index (χ1n) is 6.31. The zero-order valence-electron chi connectivity index (χ0n) is 11.0. The smallest absolute Gasteiger partial charge is 0.133 e. The third-order valence-electron chi connectivity index (χ3n) is 3.76. The van der Waals surface area contributed by atoms with Crippen LogP contribution < -0.4 is 15.2 Å². The van der Waals surface area contributed by atoms with Gasteiger partial charge in [0.15, 0.2) is 0 Å². The first kappa shape index (κ1) is 13.7. The molecule has 1 aromatic rings. The van der Waals surface area contributed by atoms with Crippen LogP contribution in [0.3, 0.4) is 0 Å². The predicted octanol–water partition coefficient (Wildman–Crippen LogP) is 3.58. The molecular formula is C14H20BrNO2. The van der Waals surface area contributed by atoms with Gasteiger partial charge in [0.05, 0.1) is 18.7 Å². The Morgan fingerprint density at radius 1 is 1.06 bits per heavy atom. The van der Waals surface area contributed by atoms with E-state index in [0.717, 1.165) is 34.4 Å². The molecule has 0 bridgehead atoms. The Balaban J connectivity index is 2.47. The molecule has 2 N–H and O–H groups in total. The standard InChI is InChI=1S/C14H20BrNO2/c1-17-12-9-11(15)13(18-2)8-10(12)14(16)6-4-3-5-7-14/h8-9H,3-7,16H2,1-2H3. The number of methoxy groups -OCH3 is 2. The molecule has 0 amide bonds. The van der Waals surface area contributed by atoms with Crippen LogP contribution in [0.2, 0.25) is 0 Å². The second kappa shape index (κ2) is 5.49. The summed E-state index contributed by atoms with van der Waals surface area (Å²) in [6, 6.07) is 3.95. The summed E-state index contributed by atoms with van der Waals surface area (Å²) in [7, 11) is 3.35. The summed E-state index contributed by atoms with van der Waals surface area (Å²) in [5, 5.41) is 0. The number of nitrogens with two attached hydrogens (primary N) is 1. The Kier molecular flexibility index (Phi) is 4.17. The van der Waals surface area contributed by atoms with Gasteiger partial charge in [-0.15, -0.1) is 0 Å². The van der Waals surface area contributed by atoms with E-state index in [4.69, 9.17) is 15.2 Å². The molecule has 0 radical (unpaired) electrons. The molecule has 1 saturated carbocycles. The number of hydrogen-bond donors (Lipinski definition) is 1. The van der Waals surface area contributed by atoms with Crippen molar-refractivity contribution >= 4 is 15.9 Å². The molecule has 0 aromatic heterocycles. The van der Waals surface area contributed by atoms with Gasteiger partial charge in [0.2, 0.25) is 0 Å². The second-order valence-corrected chi connectivity index (χ2v) is 5.76. The van der Waals surface area contributed by atoms with Crippen LogP contribution in [0.5, 0.6) is 11.5 Å². The molecule has 4 heteroatoms. The summed E-state index contributed by atoms with van der Waals surface area (Å²) >= 11 is 3.48. The summed E-state index contributed by atoms with van der Waals surface area (Å²) in [5.41, 5.74) is 7.36. The highest BCUT2D eigenvalue weighted by molar-refractivity contribution is 9.10. The number of halogens is 1. The van der Waals surface area contributed by atoms with E-state index >= 15 is 0 Å². The van der Waals surface area contributed by atoms with Crippen molar-refractivity contribution < 1.29 is 9.47 Å². The van der Waals surface area contributed by atoms with Crippen LogP contribution in [-0.4, -0.2) is 14.2 Å². The van der Waals surface area contributed by atoms with Crippen LogP contribution in [0.1, 0.15) is 37.7 Å². The number of benzene rings is 1. The van der Waals surface area contributed by atoms with Crippen molar-refractivity contribution in [2.45, 2.75) is 37.6 Å². The fourth-order valence-electron chi connectivity index (χ4n) is 2.70. The Hall–Kier alpha value is -0.740. The van der Waals surface area contributed by atoms with Gasteiger partial charge < -0.3 is 15.2 Å². The Bertz CT molecular complexity index is 428. The topological polar surface area (TPSA) is 44.5 Å². The van der Waals surface area contributed by atoms with Gasteiger partial charge in [-0.1, -0.05) is 19.3 Å². The lowest BCUT2D eigenvalue weighted by atomic mass is 9.77. The fourth-order valence-corrected chi connectivity index (χ4v) is 3.19. The highest BCUT2D eigenvalue weighted by Crippen LogP contribution is 2.43. The van der Waals surface area contributed by atoms with Crippen LogP contribution in [0.25, 0.3) is 0 Å². The number of rotatable bonds is 3. The molecule has 1 aromatic carbocycles. The van der Waals surface area contributed by atoms with E-state index in [0.29, 0.717) is 0 Å². The summed E-state index contributed by atoms with van der Waals surface area (Å²) in [6.45, 7) is 0. The van der Waals surface area contributed by atoms with Crippen molar-refractivity contribution in [2.24, 2.45) is 5.73 Å². The molecule has 18 heavy (non-hydrogen) atoms. The molecule has 0 unspecified atom stereocenters. The Morgan fingerprint density at radius 3 is 2.22 bits per heavy atom. The van der Waals surface area contributed by atoms with Gasteiger partial charge in [-0.2, -0.15) is 0 Å². The van der Waals surface area contributed by atoms with Crippen molar-refractivity contribution in [3.63, 3.8) is 0 Å². The number of hydrogen-bond acceptors (Lipinski definition) is 3. The molecule has 0 aliphatic heterocycles. The van der Waals surface area contributed by atoms with Gasteiger partial charge in [-0.3, -0.25) is 0 Å². The summed E-state index contributed by atoms with van der Waals surface area (Å²) in [4.78, 5) is 0. The zero-order chi connectivity index (χ0) is 13.2. The quantitative estimate of drug-likeness (QED) is 0.927. The molecular weight excluding hydrogens is 294 g/mol. The summed E-state index contributed by atoms with van der Waals surface area (Å²) in [6.07, 6.45) is 5.65. The lowest BCUT2D eigenvalue weighted by Gasteiger charge is -2.35. The predicted molar refractivity (Wildman–Crippen MR) is 76.2 cm³/mol. The molecule has 1 aliphatic rings. The van der Waals surface area contributed by atoms with Crippen LogP contribution in [0.15, 0.2) is 16.6 Å². The maximum atomic E-state index is 6.58. The van der Waals surface area contributed by atoms with Crippen molar-refractivity contribution in [2.75, 3.05) is 14.2 Å². The van der Waals surface area contributed by atoms with Crippen molar-refractivity contribution in [3.8, 4) is 11.5 Å². The van der Waals surface area contributed by atoms with Crippen molar-refractivity contribution in [3.05, 3.63) is 22.2 Å². The fraction of sp³-hybridized carbons (Fsp3) is 0.571. The monoisotopic (exact) mass is 313 g/mol. The third-order valence-corrected chi connectivity index (χ3v) is 4.38. The van der Waals surface area contributed by atoms with E-state index in [-0.39, 0.29) is 5.54 Å². The molecule has 0 saturated heterocycles. The minimum atomic E-state index is -0.280. The Morgan fingerprint density at radius 2 is 1.67 bits per heavy atom. The van der Waals surface area contributed by atoms with Crippen LogP contribution in [-0.2, 0) is 5.54 Å². The van der Waals surface area contributed by atoms with E-state index in [1.165, 1.54) is 19.3 Å². The molecule has 100 valence electrons. The SMILES string of the molecule is COc1cc(C2(N)CCCCC2)c(OC)cc1Br. The van der Waals surface area contributed by atoms with Gasteiger partial charge >= 0.3 is 0 Å². The molecule has 0 atom stereocenters. The van der Waals surface area contributed by atoms with E-state index < -0.39 is 0 Å². The van der Waals surface area contributed by atoms with Crippen LogP contribution in [0.4, 0.5) is 0 Å². The summed E-state index contributed by atoms with van der Waals surface area (Å²) in [5.74, 6) is 1.65. The Labute approximate surface area is 117 Å². The number of ether oxygens (including phenoxy) is 2. The highest BCUT2D eigenvalue weighted by Gasteiger charge is 2.33. The average Bonchev–Trinajstić information content (AvgIpc) is 2.39. The largest absolute Gasteiger partial charge is 0.496 e. The van der Waals surface area contributed by atoms with E-state index in [1.54, 1.807) is 14.2 Å². The molecule has 3 nitrogen and oxygen atoms in total. The highest BCUT2D eigenvalue weighted by atomic mass is 79.9. The zero-order valence-corrected chi connectivity index (χ0v) is 12.5. The second-order valence-electron chi connectivity index (χ2n) is 4.90. The van der Waals surface area contributed by atoms with Gasteiger partial charge in [0.1, 0.15) is 11.5 Å². The third kappa shape index (κ3) is 2.50. The van der Waals surface area contributed by atoms with Crippen LogP contribution >= 0.6 is 15.9 Å². The lowest BCUT2D eigenvalue weighted by molar-refractivity contribution is 0.287. The summed E-state index contributed by atoms with van der Waals surface area (Å²) < 4.78 is 11.7. The van der Waals surface area contributed by atoms with Gasteiger partial charge in [-0.05, 0) is 40.9 Å². The molecule has 1 fully saturated rings. The van der Waals surface area contributed by atoms with E-state index in [1.807, 2.05) is 12.1 Å². The van der Waals surface area contributed by atoms with Gasteiger partial charge in [-0.25, -0.2) is 0 Å². The first-order valence-corrected chi connectivity index (χ1v) is 7.11. The van der Waals surface area contributed by atoms with Gasteiger partial charge in [0, 0.05) is 11.1 Å². The molecule has 0 spiro atoms. The average molecular weight is 314 g/mol. The first-order chi connectivity index (χ1) is 8.60. The maximum Gasteiger partial charge on any atom is 0.133 e. The van der Waals surface area contributed by atoms with E-state index in [9.17, 15) is 0 Å². The van der Waals surface area contributed by atoms with E-state index in [2.05, 4.69) is 15.9 Å². The molecule has 1 aliphatic carbocycles. The van der Waals surface area contributed by atoms with Crippen molar-refractivity contribution in [1.82, 2.24) is 0 Å².